The predicted octanol–water partition coefficient (Wildman–Crippen LogP) is 5.54. The highest BCUT2D eigenvalue weighted by Crippen LogP contribution is 2.30. The lowest BCUT2D eigenvalue weighted by molar-refractivity contribution is -0.384. The van der Waals surface area contributed by atoms with E-state index >= 15 is 0 Å². The summed E-state index contributed by atoms with van der Waals surface area (Å²) < 4.78 is 1.12. The molecule has 0 radical (unpaired) electrons. The second-order valence-electron chi connectivity index (χ2n) is 5.15. The SMILES string of the molecule is O=C(CSc1cccs1)Nc1ccc(Sc2ccc([N+](=O)[O-])cc2)cc1. The van der Waals surface area contributed by atoms with E-state index in [1.54, 1.807) is 23.5 Å². The summed E-state index contributed by atoms with van der Waals surface area (Å²) in [6.45, 7) is 0. The number of nitrogens with one attached hydrogen (secondary N) is 1. The van der Waals surface area contributed by atoms with Gasteiger partial charge in [0, 0.05) is 27.6 Å². The monoisotopic (exact) mass is 402 g/mol. The number of carbonyl (C=O) groups is 1. The molecule has 0 spiro atoms. The first kappa shape index (κ1) is 18.5. The molecule has 26 heavy (non-hydrogen) atoms. The van der Waals surface area contributed by atoms with Gasteiger partial charge in [0.2, 0.25) is 5.91 Å². The van der Waals surface area contributed by atoms with Crippen molar-refractivity contribution in [3.63, 3.8) is 0 Å². The van der Waals surface area contributed by atoms with E-state index in [0.717, 1.165) is 19.7 Å². The summed E-state index contributed by atoms with van der Waals surface area (Å²) in [7, 11) is 0. The van der Waals surface area contributed by atoms with Crippen molar-refractivity contribution in [3.8, 4) is 0 Å². The highest BCUT2D eigenvalue weighted by atomic mass is 32.2. The van der Waals surface area contributed by atoms with Gasteiger partial charge in [-0.2, -0.15) is 0 Å². The van der Waals surface area contributed by atoms with E-state index in [1.165, 1.54) is 35.7 Å². The number of amides is 1. The second kappa shape index (κ2) is 8.88. The van der Waals surface area contributed by atoms with Crippen LogP contribution in [0.4, 0.5) is 11.4 Å². The van der Waals surface area contributed by atoms with Gasteiger partial charge >= 0.3 is 0 Å². The summed E-state index contributed by atoms with van der Waals surface area (Å²) in [5.41, 5.74) is 0.822. The maximum atomic E-state index is 12.0. The minimum Gasteiger partial charge on any atom is -0.325 e. The van der Waals surface area contributed by atoms with Crippen LogP contribution in [0, 0.1) is 10.1 Å². The summed E-state index contributed by atoms with van der Waals surface area (Å²) in [5, 5.41) is 15.5. The summed E-state index contributed by atoms with van der Waals surface area (Å²) in [4.78, 5) is 24.1. The molecule has 5 nitrogen and oxygen atoms in total. The van der Waals surface area contributed by atoms with E-state index in [4.69, 9.17) is 0 Å². The maximum absolute atomic E-state index is 12.0. The fourth-order valence-electron chi connectivity index (χ4n) is 2.06. The van der Waals surface area contributed by atoms with Gasteiger partial charge in [-0.1, -0.05) is 17.8 Å². The molecule has 3 rings (SSSR count). The molecule has 3 aromatic rings. The molecule has 0 saturated carbocycles. The smallest absolute Gasteiger partial charge is 0.269 e. The Morgan fingerprint density at radius 1 is 1.04 bits per heavy atom. The average molecular weight is 403 g/mol. The number of nitrogens with zero attached hydrogens (tertiary/aromatic N) is 1. The minimum atomic E-state index is -0.414. The van der Waals surface area contributed by atoms with Crippen LogP contribution in [0.1, 0.15) is 0 Å². The Hall–Kier alpha value is -2.29. The fourth-order valence-corrected chi connectivity index (χ4v) is 4.46. The van der Waals surface area contributed by atoms with Crippen LogP contribution in [0.5, 0.6) is 0 Å². The lowest BCUT2D eigenvalue weighted by Gasteiger charge is -2.06. The first-order chi connectivity index (χ1) is 12.6. The third kappa shape index (κ3) is 5.35. The topological polar surface area (TPSA) is 72.2 Å². The van der Waals surface area contributed by atoms with Crippen LogP contribution in [-0.4, -0.2) is 16.6 Å². The highest BCUT2D eigenvalue weighted by molar-refractivity contribution is 8.01. The molecular weight excluding hydrogens is 388 g/mol. The number of hydrogen-bond donors (Lipinski definition) is 1. The predicted molar refractivity (Wildman–Crippen MR) is 107 cm³/mol. The van der Waals surface area contributed by atoms with Crippen LogP contribution in [-0.2, 0) is 4.79 Å². The number of benzene rings is 2. The van der Waals surface area contributed by atoms with Crippen LogP contribution >= 0.6 is 34.9 Å². The van der Waals surface area contributed by atoms with Crippen LogP contribution in [0.2, 0.25) is 0 Å². The summed E-state index contributed by atoms with van der Waals surface area (Å²) in [6.07, 6.45) is 0. The van der Waals surface area contributed by atoms with E-state index in [1.807, 2.05) is 41.8 Å². The average Bonchev–Trinajstić information content (AvgIpc) is 3.16. The zero-order valence-corrected chi connectivity index (χ0v) is 15.9. The molecule has 0 atom stereocenters. The zero-order valence-electron chi connectivity index (χ0n) is 13.5. The quantitative estimate of drug-likeness (QED) is 0.319. The Morgan fingerprint density at radius 2 is 1.69 bits per heavy atom. The molecule has 2 aromatic carbocycles. The number of rotatable bonds is 7. The molecule has 0 fully saturated rings. The van der Waals surface area contributed by atoms with E-state index in [2.05, 4.69) is 5.32 Å². The highest BCUT2D eigenvalue weighted by Gasteiger charge is 2.06. The van der Waals surface area contributed by atoms with Gasteiger partial charge in [0.05, 0.1) is 14.9 Å². The van der Waals surface area contributed by atoms with E-state index in [-0.39, 0.29) is 11.6 Å². The molecule has 1 amide bonds. The molecule has 0 aliphatic heterocycles. The second-order valence-corrected chi connectivity index (χ2v) is 8.52. The van der Waals surface area contributed by atoms with Crippen LogP contribution in [0.25, 0.3) is 0 Å². The van der Waals surface area contributed by atoms with Gasteiger partial charge in [0.25, 0.3) is 5.69 Å². The fraction of sp³-hybridized carbons (Fsp3) is 0.0556. The normalized spacial score (nSPS) is 10.5. The Balaban J connectivity index is 1.52. The molecule has 0 saturated heterocycles. The number of non-ortho nitro benzene ring substituents is 1. The van der Waals surface area contributed by atoms with Crippen molar-refractivity contribution >= 4 is 52.1 Å². The lowest BCUT2D eigenvalue weighted by Crippen LogP contribution is -2.13. The number of thiophene rings is 1. The Labute approximate surface area is 163 Å². The number of hydrogen-bond acceptors (Lipinski definition) is 6. The van der Waals surface area contributed by atoms with Crippen molar-refractivity contribution in [3.05, 3.63) is 76.2 Å². The van der Waals surface area contributed by atoms with Crippen LogP contribution in [0.3, 0.4) is 0 Å². The lowest BCUT2D eigenvalue weighted by atomic mass is 10.3. The largest absolute Gasteiger partial charge is 0.325 e. The molecule has 0 unspecified atom stereocenters. The first-order valence-corrected chi connectivity index (χ1v) is 10.3. The molecule has 0 aliphatic carbocycles. The molecule has 1 N–H and O–H groups in total. The van der Waals surface area contributed by atoms with E-state index < -0.39 is 4.92 Å². The van der Waals surface area contributed by atoms with Crippen LogP contribution < -0.4 is 5.32 Å². The summed E-state index contributed by atoms with van der Waals surface area (Å²) >= 11 is 4.64. The van der Waals surface area contributed by atoms with Crippen molar-refractivity contribution < 1.29 is 9.72 Å². The van der Waals surface area contributed by atoms with Gasteiger partial charge in [-0.3, -0.25) is 14.9 Å². The number of carbonyl (C=O) groups excluding carboxylic acids is 1. The van der Waals surface area contributed by atoms with E-state index in [9.17, 15) is 14.9 Å². The standard InChI is InChI=1S/C18H14N2O3S3/c21-17(12-25-18-2-1-11-24-18)19-13-3-7-15(8-4-13)26-16-9-5-14(6-10-16)20(22)23/h1-11H,12H2,(H,19,21). The zero-order chi connectivity index (χ0) is 18.4. The Kier molecular flexibility index (Phi) is 6.32. The molecule has 0 aliphatic rings. The third-order valence-electron chi connectivity index (χ3n) is 3.26. The van der Waals surface area contributed by atoms with Crippen LogP contribution in [0.15, 0.2) is 80.0 Å². The summed E-state index contributed by atoms with van der Waals surface area (Å²) in [6, 6.07) is 17.9. The minimum absolute atomic E-state index is 0.0424. The summed E-state index contributed by atoms with van der Waals surface area (Å²) in [5.74, 6) is 0.332. The van der Waals surface area contributed by atoms with E-state index in [0.29, 0.717) is 5.75 Å². The van der Waals surface area contributed by atoms with Crippen molar-refractivity contribution in [2.45, 2.75) is 14.0 Å². The molecule has 132 valence electrons. The molecule has 0 bridgehead atoms. The molecular formula is C18H14N2O3S3. The molecule has 1 aromatic heterocycles. The number of nitro benzene ring substituents is 1. The Bertz CT molecular complexity index is 879. The molecule has 8 heteroatoms. The Morgan fingerprint density at radius 3 is 2.27 bits per heavy atom. The van der Waals surface area contributed by atoms with Crippen molar-refractivity contribution in [2.75, 3.05) is 11.1 Å². The van der Waals surface area contributed by atoms with Gasteiger partial charge in [0.1, 0.15) is 0 Å². The van der Waals surface area contributed by atoms with Crippen molar-refractivity contribution in [1.29, 1.82) is 0 Å². The number of thioether (sulfide) groups is 1. The number of nitro groups is 1. The van der Waals surface area contributed by atoms with Gasteiger partial charge in [-0.05, 0) is 47.8 Å². The maximum Gasteiger partial charge on any atom is 0.269 e. The molecule has 1 heterocycles. The van der Waals surface area contributed by atoms with Crippen molar-refractivity contribution in [1.82, 2.24) is 0 Å². The van der Waals surface area contributed by atoms with Gasteiger partial charge in [-0.15, -0.1) is 23.1 Å². The van der Waals surface area contributed by atoms with Gasteiger partial charge < -0.3 is 5.32 Å². The number of anilines is 1. The first-order valence-electron chi connectivity index (χ1n) is 7.59. The van der Waals surface area contributed by atoms with Gasteiger partial charge in [-0.25, -0.2) is 0 Å². The van der Waals surface area contributed by atoms with Crippen molar-refractivity contribution in [2.24, 2.45) is 0 Å². The van der Waals surface area contributed by atoms with Gasteiger partial charge in [0.15, 0.2) is 0 Å². The third-order valence-corrected chi connectivity index (χ3v) is 6.41.